The molecule has 3 nitrogen and oxygen atoms in total. The molecule has 0 amide bonds. The van der Waals surface area contributed by atoms with Crippen LogP contribution in [0.5, 0.6) is 0 Å². The van der Waals surface area contributed by atoms with Gasteiger partial charge in [-0.15, -0.1) is 0 Å². The highest BCUT2D eigenvalue weighted by molar-refractivity contribution is 9.10. The number of halogens is 2. The Labute approximate surface area is 82.5 Å². The van der Waals surface area contributed by atoms with Gasteiger partial charge in [-0.3, -0.25) is 4.79 Å². The zero-order valence-corrected chi connectivity index (χ0v) is 8.08. The fraction of sp³-hybridized carbons (Fsp3) is 0.125. The molecule has 0 aromatic heterocycles. The van der Waals surface area contributed by atoms with Crippen molar-refractivity contribution in [2.75, 3.05) is 0 Å². The van der Waals surface area contributed by atoms with Gasteiger partial charge in [0.2, 0.25) is 0 Å². The van der Waals surface area contributed by atoms with Crippen LogP contribution in [0.2, 0.25) is 0 Å². The van der Waals surface area contributed by atoms with Crippen LogP contribution in [0.4, 0.5) is 4.39 Å². The van der Waals surface area contributed by atoms with Crippen LogP contribution in [0.25, 0.3) is 0 Å². The van der Waals surface area contributed by atoms with Gasteiger partial charge >= 0.3 is 5.97 Å². The lowest BCUT2D eigenvalue weighted by Gasteiger charge is -2.06. The maximum Gasteiger partial charge on any atom is 0.325 e. The first-order valence-corrected chi connectivity index (χ1v) is 4.24. The van der Waals surface area contributed by atoms with E-state index in [0.717, 1.165) is 6.07 Å². The molecule has 0 heterocycles. The van der Waals surface area contributed by atoms with E-state index in [2.05, 4.69) is 15.9 Å². The predicted octanol–water partition coefficient (Wildman–Crippen LogP) is 1.67. The molecule has 0 bridgehead atoms. The first-order chi connectivity index (χ1) is 6.00. The minimum Gasteiger partial charge on any atom is -0.480 e. The van der Waals surface area contributed by atoms with Gasteiger partial charge in [0.1, 0.15) is 11.9 Å². The second-order valence-corrected chi connectivity index (χ2v) is 3.43. The van der Waals surface area contributed by atoms with Gasteiger partial charge < -0.3 is 10.8 Å². The minimum absolute atomic E-state index is 0.236. The van der Waals surface area contributed by atoms with E-state index in [1.54, 1.807) is 0 Å². The fourth-order valence-electron chi connectivity index (χ4n) is 0.897. The monoisotopic (exact) mass is 247 g/mol. The van der Waals surface area contributed by atoms with Gasteiger partial charge in [-0.25, -0.2) is 4.39 Å². The van der Waals surface area contributed by atoms with E-state index in [1.807, 2.05) is 0 Å². The van der Waals surface area contributed by atoms with Crippen LogP contribution in [-0.4, -0.2) is 11.1 Å². The zero-order chi connectivity index (χ0) is 10.0. The molecule has 0 radical (unpaired) electrons. The van der Waals surface area contributed by atoms with Crippen LogP contribution < -0.4 is 5.73 Å². The molecule has 1 unspecified atom stereocenters. The summed E-state index contributed by atoms with van der Waals surface area (Å²) in [6, 6.07) is 2.62. The van der Waals surface area contributed by atoms with Crippen molar-refractivity contribution in [1.82, 2.24) is 0 Å². The van der Waals surface area contributed by atoms with Gasteiger partial charge in [0.05, 0.1) is 0 Å². The summed E-state index contributed by atoms with van der Waals surface area (Å²) in [5.74, 6) is -1.70. The maximum absolute atomic E-state index is 12.8. The normalized spacial score (nSPS) is 12.5. The van der Waals surface area contributed by atoms with Crippen LogP contribution in [-0.2, 0) is 4.79 Å². The van der Waals surface area contributed by atoms with Crippen LogP contribution in [0.1, 0.15) is 11.6 Å². The Morgan fingerprint density at radius 2 is 2.15 bits per heavy atom. The molecule has 1 aromatic rings. The van der Waals surface area contributed by atoms with E-state index < -0.39 is 17.8 Å². The summed E-state index contributed by atoms with van der Waals surface area (Å²) >= 11 is 3.04. The van der Waals surface area contributed by atoms with Crippen molar-refractivity contribution in [3.63, 3.8) is 0 Å². The lowest BCUT2D eigenvalue weighted by molar-refractivity contribution is -0.138. The summed E-state index contributed by atoms with van der Waals surface area (Å²) in [7, 11) is 0. The van der Waals surface area contributed by atoms with Crippen LogP contribution in [0.3, 0.4) is 0 Å². The van der Waals surface area contributed by atoms with E-state index in [-0.39, 0.29) is 5.56 Å². The third kappa shape index (κ3) is 2.50. The standard InChI is InChI=1S/C8H7BrFNO2/c9-5-1-4(2-6(10)3-5)7(11)8(12)13/h1-3,7H,11H2,(H,12,13). The first kappa shape index (κ1) is 10.1. The molecule has 0 saturated carbocycles. The topological polar surface area (TPSA) is 63.3 Å². The van der Waals surface area contributed by atoms with Crippen molar-refractivity contribution in [2.45, 2.75) is 6.04 Å². The SMILES string of the molecule is NC(C(=O)O)c1cc(F)cc(Br)c1. The lowest BCUT2D eigenvalue weighted by Crippen LogP contribution is -2.20. The summed E-state index contributed by atoms with van der Waals surface area (Å²) in [4.78, 5) is 10.5. The molecule has 1 rings (SSSR count). The Morgan fingerprint density at radius 1 is 1.54 bits per heavy atom. The van der Waals surface area contributed by atoms with Crippen LogP contribution in [0, 0.1) is 5.82 Å². The van der Waals surface area contributed by atoms with Gasteiger partial charge in [-0.2, -0.15) is 0 Å². The van der Waals surface area contributed by atoms with E-state index in [0.29, 0.717) is 4.47 Å². The molecule has 0 spiro atoms. The highest BCUT2D eigenvalue weighted by Gasteiger charge is 2.15. The lowest BCUT2D eigenvalue weighted by atomic mass is 10.1. The minimum atomic E-state index is -1.19. The van der Waals surface area contributed by atoms with E-state index in [4.69, 9.17) is 10.8 Å². The number of carbonyl (C=O) groups is 1. The third-order valence-corrected chi connectivity index (χ3v) is 1.97. The highest BCUT2D eigenvalue weighted by atomic mass is 79.9. The maximum atomic E-state index is 12.8. The van der Waals surface area contributed by atoms with Gasteiger partial charge in [0.25, 0.3) is 0 Å². The van der Waals surface area contributed by atoms with Crippen molar-refractivity contribution in [3.8, 4) is 0 Å². The first-order valence-electron chi connectivity index (χ1n) is 3.45. The molecule has 13 heavy (non-hydrogen) atoms. The number of aliphatic carboxylic acids is 1. The Kier molecular flexibility index (Phi) is 3.00. The molecule has 0 saturated heterocycles. The second-order valence-electron chi connectivity index (χ2n) is 2.52. The molecule has 1 atom stereocenters. The fourth-order valence-corrected chi connectivity index (χ4v) is 1.38. The zero-order valence-electron chi connectivity index (χ0n) is 6.50. The molecule has 1 aromatic carbocycles. The summed E-state index contributed by atoms with van der Waals surface area (Å²) in [5, 5.41) is 8.55. The molecule has 0 aliphatic rings. The third-order valence-electron chi connectivity index (χ3n) is 1.51. The Bertz CT molecular complexity index is 323. The quantitative estimate of drug-likeness (QED) is 0.836. The number of benzene rings is 1. The predicted molar refractivity (Wildman–Crippen MR) is 48.7 cm³/mol. The average molecular weight is 248 g/mol. The number of hydrogen-bond donors (Lipinski definition) is 2. The van der Waals surface area contributed by atoms with Gasteiger partial charge in [-0.05, 0) is 23.8 Å². The van der Waals surface area contributed by atoms with Gasteiger partial charge in [0, 0.05) is 4.47 Å². The highest BCUT2D eigenvalue weighted by Crippen LogP contribution is 2.19. The summed E-state index contributed by atoms with van der Waals surface area (Å²) in [6.07, 6.45) is 0. The number of rotatable bonds is 2. The van der Waals surface area contributed by atoms with Crippen molar-refractivity contribution in [3.05, 3.63) is 34.1 Å². The van der Waals surface area contributed by atoms with Crippen molar-refractivity contribution >= 4 is 21.9 Å². The molecular weight excluding hydrogens is 241 g/mol. The van der Waals surface area contributed by atoms with Crippen molar-refractivity contribution in [1.29, 1.82) is 0 Å². The summed E-state index contributed by atoms with van der Waals surface area (Å²) < 4.78 is 13.2. The smallest absolute Gasteiger partial charge is 0.325 e. The molecule has 0 aliphatic carbocycles. The molecule has 3 N–H and O–H groups in total. The van der Waals surface area contributed by atoms with E-state index in [9.17, 15) is 9.18 Å². The van der Waals surface area contributed by atoms with E-state index >= 15 is 0 Å². The largest absolute Gasteiger partial charge is 0.480 e. The molecule has 0 fully saturated rings. The Balaban J connectivity index is 3.07. The molecular formula is C8H7BrFNO2. The number of carboxylic acid groups (broad SMARTS) is 1. The second kappa shape index (κ2) is 3.85. The summed E-state index contributed by atoms with van der Waals surface area (Å²) in [6.45, 7) is 0. The molecule has 70 valence electrons. The van der Waals surface area contributed by atoms with Crippen molar-refractivity contribution < 1.29 is 14.3 Å². The summed E-state index contributed by atoms with van der Waals surface area (Å²) in [5.41, 5.74) is 5.52. The number of carboxylic acids is 1. The van der Waals surface area contributed by atoms with Crippen molar-refractivity contribution in [2.24, 2.45) is 5.73 Å². The average Bonchev–Trinajstić information content (AvgIpc) is 2.01. The Hall–Kier alpha value is -0.940. The van der Waals surface area contributed by atoms with Gasteiger partial charge in [-0.1, -0.05) is 15.9 Å². The van der Waals surface area contributed by atoms with Gasteiger partial charge in [0.15, 0.2) is 0 Å². The van der Waals surface area contributed by atoms with E-state index in [1.165, 1.54) is 12.1 Å². The molecule has 0 aliphatic heterocycles. The Morgan fingerprint density at radius 3 is 2.62 bits per heavy atom. The number of hydrogen-bond acceptors (Lipinski definition) is 2. The van der Waals surface area contributed by atoms with Crippen LogP contribution in [0.15, 0.2) is 22.7 Å². The number of nitrogens with two attached hydrogens (primary N) is 1. The molecule has 5 heteroatoms. The van der Waals surface area contributed by atoms with Crippen LogP contribution >= 0.6 is 15.9 Å².